The van der Waals surface area contributed by atoms with Crippen molar-refractivity contribution in [3.63, 3.8) is 0 Å². The number of ether oxygens (including phenoxy) is 1. The molecule has 2 aliphatic rings. The fourth-order valence-electron chi connectivity index (χ4n) is 5.10. The van der Waals surface area contributed by atoms with Crippen LogP contribution in [-0.2, 0) is 12.1 Å². The molecule has 0 bridgehead atoms. The van der Waals surface area contributed by atoms with E-state index in [-0.39, 0.29) is 37.0 Å². The lowest BCUT2D eigenvalue weighted by atomic mass is 9.83. The normalized spacial score (nSPS) is 15.9. The summed E-state index contributed by atoms with van der Waals surface area (Å²) in [5, 5.41) is 17.3. The van der Waals surface area contributed by atoms with Gasteiger partial charge in [0.05, 0.1) is 29.2 Å². The molecule has 204 valence electrons. The van der Waals surface area contributed by atoms with E-state index in [2.05, 4.69) is 15.3 Å². The number of pyridine rings is 1. The number of carbonyl (C=O) groups is 1. The highest BCUT2D eigenvalue weighted by atomic mass is 35.5. The molecule has 3 heterocycles. The molecule has 0 atom stereocenters. The summed E-state index contributed by atoms with van der Waals surface area (Å²) in [6.07, 6.45) is 3.44. The summed E-state index contributed by atoms with van der Waals surface area (Å²) in [5.41, 5.74) is 2.52. The Kier molecular flexibility index (Phi) is 6.50. The van der Waals surface area contributed by atoms with Gasteiger partial charge < -0.3 is 19.3 Å². The molecule has 1 N–H and O–H groups in total. The minimum absolute atomic E-state index is 0.108. The maximum absolute atomic E-state index is 13.7. The summed E-state index contributed by atoms with van der Waals surface area (Å²) in [6.45, 7) is 2.41. The van der Waals surface area contributed by atoms with Crippen LogP contribution in [0.5, 0.6) is 5.75 Å². The zero-order valence-corrected chi connectivity index (χ0v) is 22.2. The zero-order valence-electron chi connectivity index (χ0n) is 21.4. The number of carboxylic acids is 1. The van der Waals surface area contributed by atoms with Crippen LogP contribution < -0.4 is 9.64 Å². The predicted octanol–water partition coefficient (Wildman–Crippen LogP) is 6.47. The topological polar surface area (TPSA) is 118 Å². The van der Waals surface area contributed by atoms with Crippen LogP contribution in [0, 0.1) is 17.6 Å². The van der Waals surface area contributed by atoms with Gasteiger partial charge in [-0.15, -0.1) is 4.91 Å². The van der Waals surface area contributed by atoms with E-state index in [0.29, 0.717) is 27.8 Å². The summed E-state index contributed by atoms with van der Waals surface area (Å²) in [7, 11) is 0. The van der Waals surface area contributed by atoms with E-state index in [1.807, 2.05) is 6.92 Å². The van der Waals surface area contributed by atoms with Crippen molar-refractivity contribution >= 4 is 23.4 Å². The van der Waals surface area contributed by atoms with Crippen LogP contribution in [0.3, 0.4) is 0 Å². The number of anilines is 1. The van der Waals surface area contributed by atoms with Gasteiger partial charge in [0, 0.05) is 23.2 Å². The van der Waals surface area contributed by atoms with Crippen molar-refractivity contribution in [1.29, 1.82) is 0 Å². The lowest BCUT2D eigenvalue weighted by Gasteiger charge is -2.46. The van der Waals surface area contributed by atoms with E-state index in [1.54, 1.807) is 29.2 Å². The summed E-state index contributed by atoms with van der Waals surface area (Å²) in [6, 6.07) is 12.5. The molecule has 1 saturated carbocycles. The first-order valence-corrected chi connectivity index (χ1v) is 13.1. The molecule has 9 nitrogen and oxygen atoms in total. The van der Waals surface area contributed by atoms with E-state index < -0.39 is 11.5 Å². The zero-order chi connectivity index (χ0) is 28.0. The third kappa shape index (κ3) is 4.68. The van der Waals surface area contributed by atoms with Crippen molar-refractivity contribution in [3.8, 4) is 17.0 Å². The number of aryl methyl sites for hydroxylation is 1. The first-order valence-electron chi connectivity index (χ1n) is 12.7. The molecule has 0 radical (unpaired) electrons. The molecule has 2 fully saturated rings. The first kappa shape index (κ1) is 25.9. The standard InChI is InChI=1S/C29H24ClFN4O5/c1-16-10-19(31)4-6-21(16)26-22(27(40-33-26)17-2-3-17)13-39-20-5-7-23(24(30)12-20)29(34-38)14-35(15-29)25-11-18(28(36)37)8-9-32-25/h4-12,17H,2-3,13-15H2,1H3,(H,36,37). The molecule has 0 unspecified atom stereocenters. The maximum Gasteiger partial charge on any atom is 0.335 e. The third-order valence-electron chi connectivity index (χ3n) is 7.43. The highest BCUT2D eigenvalue weighted by molar-refractivity contribution is 6.31. The number of carboxylic acid groups (broad SMARTS) is 1. The van der Waals surface area contributed by atoms with E-state index in [1.165, 1.54) is 30.5 Å². The highest BCUT2D eigenvalue weighted by Crippen LogP contribution is 2.45. The van der Waals surface area contributed by atoms with Crippen LogP contribution in [0.1, 0.15) is 51.6 Å². The third-order valence-corrected chi connectivity index (χ3v) is 7.74. The molecule has 2 aromatic heterocycles. The van der Waals surface area contributed by atoms with Crippen LogP contribution in [-0.4, -0.2) is 34.3 Å². The van der Waals surface area contributed by atoms with Gasteiger partial charge in [-0.25, -0.2) is 14.2 Å². The molecule has 11 heteroatoms. The summed E-state index contributed by atoms with van der Waals surface area (Å²) in [4.78, 5) is 29.3. The smallest absolute Gasteiger partial charge is 0.335 e. The molecular weight excluding hydrogens is 539 g/mol. The number of aromatic carboxylic acids is 1. The monoisotopic (exact) mass is 562 g/mol. The maximum atomic E-state index is 13.7. The van der Waals surface area contributed by atoms with Crippen LogP contribution >= 0.6 is 11.6 Å². The second-order valence-electron chi connectivity index (χ2n) is 10.2. The molecule has 6 rings (SSSR count). The molecule has 4 aromatic rings. The molecule has 2 aromatic carbocycles. The first-order chi connectivity index (χ1) is 19.3. The molecule has 0 amide bonds. The molecule has 1 saturated heterocycles. The fraction of sp³-hybridized carbons (Fsp3) is 0.276. The Hall–Kier alpha value is -4.31. The minimum Gasteiger partial charge on any atom is -0.489 e. The Labute approximate surface area is 233 Å². The quantitative estimate of drug-likeness (QED) is 0.230. The number of benzene rings is 2. The van der Waals surface area contributed by atoms with Gasteiger partial charge >= 0.3 is 5.97 Å². The summed E-state index contributed by atoms with van der Waals surface area (Å²) >= 11 is 6.62. The number of aromatic nitrogens is 2. The van der Waals surface area contributed by atoms with Crippen LogP contribution in [0.4, 0.5) is 10.2 Å². The average Bonchev–Trinajstić information content (AvgIpc) is 3.68. The van der Waals surface area contributed by atoms with Crippen molar-refractivity contribution in [2.24, 2.45) is 5.18 Å². The van der Waals surface area contributed by atoms with Crippen LogP contribution in [0.15, 0.2) is 64.4 Å². The van der Waals surface area contributed by atoms with Gasteiger partial charge in [-0.2, -0.15) is 0 Å². The van der Waals surface area contributed by atoms with Crippen molar-refractivity contribution in [1.82, 2.24) is 10.1 Å². The van der Waals surface area contributed by atoms with Crippen LogP contribution in [0.25, 0.3) is 11.3 Å². The summed E-state index contributed by atoms with van der Waals surface area (Å²) < 4.78 is 25.5. The molecular formula is C29H24ClFN4O5. The lowest BCUT2D eigenvalue weighted by Crippen LogP contribution is -2.58. The Morgan fingerprint density at radius 1 is 1.23 bits per heavy atom. The number of rotatable bonds is 9. The number of halogens is 2. The Morgan fingerprint density at radius 3 is 2.70 bits per heavy atom. The number of hydrogen-bond donors (Lipinski definition) is 1. The second-order valence-corrected chi connectivity index (χ2v) is 10.6. The minimum atomic E-state index is -1.10. The number of hydrogen-bond acceptors (Lipinski definition) is 8. The Morgan fingerprint density at radius 2 is 2.02 bits per heavy atom. The van der Waals surface area contributed by atoms with Gasteiger partial charge in [0.1, 0.15) is 35.4 Å². The van der Waals surface area contributed by atoms with Gasteiger partial charge in [-0.05, 0) is 67.8 Å². The molecule has 40 heavy (non-hydrogen) atoms. The van der Waals surface area contributed by atoms with E-state index in [0.717, 1.165) is 35.3 Å². The number of nitroso groups, excluding NO2 is 1. The number of nitrogens with zero attached hydrogens (tertiary/aromatic N) is 4. The van der Waals surface area contributed by atoms with Crippen LogP contribution in [0.2, 0.25) is 5.02 Å². The predicted molar refractivity (Wildman–Crippen MR) is 145 cm³/mol. The van der Waals surface area contributed by atoms with E-state index in [9.17, 15) is 19.2 Å². The van der Waals surface area contributed by atoms with Gasteiger partial charge in [-0.1, -0.05) is 28.0 Å². The molecule has 1 aliphatic heterocycles. The summed E-state index contributed by atoms with van der Waals surface area (Å²) in [5.74, 6) is 0.632. The lowest BCUT2D eigenvalue weighted by molar-refractivity contribution is 0.0696. The van der Waals surface area contributed by atoms with Gasteiger partial charge in [0.15, 0.2) is 5.54 Å². The van der Waals surface area contributed by atoms with Crippen molar-refractivity contribution in [2.75, 3.05) is 18.0 Å². The van der Waals surface area contributed by atoms with Gasteiger partial charge in [-0.3, -0.25) is 0 Å². The molecule has 0 spiro atoms. The second kappa shape index (κ2) is 10.0. The van der Waals surface area contributed by atoms with Gasteiger partial charge in [0.2, 0.25) is 0 Å². The fourth-order valence-corrected chi connectivity index (χ4v) is 5.45. The van der Waals surface area contributed by atoms with Crippen molar-refractivity contribution in [3.05, 3.63) is 98.5 Å². The van der Waals surface area contributed by atoms with E-state index in [4.69, 9.17) is 20.9 Å². The Balaban J connectivity index is 1.20. The Bertz CT molecular complexity index is 1630. The van der Waals surface area contributed by atoms with Gasteiger partial charge in [0.25, 0.3) is 0 Å². The SMILES string of the molecule is Cc1cc(F)ccc1-c1noc(C2CC2)c1COc1ccc(C2(N=O)CN(c3cc(C(=O)O)ccn3)C2)c(Cl)c1. The van der Waals surface area contributed by atoms with Crippen molar-refractivity contribution < 1.29 is 23.6 Å². The average molecular weight is 563 g/mol. The molecule has 1 aliphatic carbocycles. The largest absolute Gasteiger partial charge is 0.489 e. The highest BCUT2D eigenvalue weighted by Gasteiger charge is 2.48. The van der Waals surface area contributed by atoms with Crippen molar-refractivity contribution in [2.45, 2.75) is 37.8 Å². The van der Waals surface area contributed by atoms with E-state index >= 15 is 0 Å².